The molecule has 0 aliphatic heterocycles. The summed E-state index contributed by atoms with van der Waals surface area (Å²) in [6.07, 6.45) is 6.03. The van der Waals surface area contributed by atoms with Crippen LogP contribution in [0.5, 0.6) is 0 Å². The molecule has 6 nitrogen and oxygen atoms in total. The van der Waals surface area contributed by atoms with Crippen LogP contribution in [0.3, 0.4) is 0 Å². The number of pyridine rings is 1. The Morgan fingerprint density at radius 1 is 1.24 bits per heavy atom. The molecule has 2 heterocycles. The molecule has 1 aromatic carbocycles. The number of aromatic nitrogens is 2. The Hall–Kier alpha value is -3.15. The zero-order valence-electron chi connectivity index (χ0n) is 14.8. The van der Waals surface area contributed by atoms with Crippen molar-refractivity contribution in [3.05, 3.63) is 59.9 Å². The summed E-state index contributed by atoms with van der Waals surface area (Å²) in [6.45, 7) is 4.83. The number of imidazole rings is 1. The lowest BCUT2D eigenvalue weighted by Gasteiger charge is -1.98. The number of fused-ring (bicyclic) bond motifs is 1. The van der Waals surface area contributed by atoms with Gasteiger partial charge in [0.05, 0.1) is 26.0 Å². The molecule has 25 heavy (non-hydrogen) atoms. The van der Waals surface area contributed by atoms with Gasteiger partial charge in [0.2, 0.25) is 0 Å². The molecule has 0 bridgehead atoms. The van der Waals surface area contributed by atoms with Crippen molar-refractivity contribution in [2.75, 3.05) is 6.54 Å². The number of benzene rings is 1. The molecule has 6 heteroatoms. The molecule has 0 saturated heterocycles. The number of hydrogen-bond acceptors (Lipinski definition) is 1. The Balaban J connectivity index is 1.82. The second-order valence-electron chi connectivity index (χ2n) is 5.98. The number of nitrogens with two attached hydrogens (primary N) is 1. The Bertz CT molecular complexity index is 934. The van der Waals surface area contributed by atoms with Crippen LogP contribution in [0.15, 0.2) is 53.9 Å². The third-order valence-corrected chi connectivity index (χ3v) is 4.04. The zero-order valence-corrected chi connectivity index (χ0v) is 14.8. The molecule has 0 atom stereocenters. The highest BCUT2D eigenvalue weighted by Gasteiger charge is 2.15. The van der Waals surface area contributed by atoms with Crippen LogP contribution in [0.4, 0.5) is 0 Å². The van der Waals surface area contributed by atoms with Crippen LogP contribution < -0.4 is 20.6 Å². The van der Waals surface area contributed by atoms with Gasteiger partial charge in [0.1, 0.15) is 6.20 Å². The van der Waals surface area contributed by atoms with Crippen LogP contribution in [0, 0.1) is 6.92 Å². The normalized spacial score (nSPS) is 12.2. The summed E-state index contributed by atoms with van der Waals surface area (Å²) in [6, 6.07) is 12.5. The number of nitrogens with zero attached hydrogens (tertiary/aromatic N) is 3. The van der Waals surface area contributed by atoms with Crippen LogP contribution in [0.1, 0.15) is 18.1 Å². The third-order valence-electron chi connectivity index (χ3n) is 4.04. The Morgan fingerprint density at radius 2 is 2.00 bits per heavy atom. The van der Waals surface area contributed by atoms with Crippen LogP contribution in [-0.4, -0.2) is 23.3 Å². The maximum atomic E-state index is 5.69. The minimum absolute atomic E-state index is 0.443. The fraction of sp³-hybridized carbons (Fsp3) is 0.211. The highest BCUT2D eigenvalue weighted by atomic mass is 15.3. The van der Waals surface area contributed by atoms with E-state index in [-0.39, 0.29) is 0 Å². The predicted octanol–water partition coefficient (Wildman–Crippen LogP) is 0.0779. The second-order valence-corrected chi connectivity index (χ2v) is 5.98. The molecule has 128 valence electrons. The summed E-state index contributed by atoms with van der Waals surface area (Å²) < 4.78 is 4.35. The largest absolute Gasteiger partial charge is 0.365 e. The minimum atomic E-state index is 0.443. The average molecular weight is 336 g/mol. The second kappa shape index (κ2) is 7.17. The molecule has 4 N–H and O–H groups in total. The average Bonchev–Trinajstić information content (AvgIpc) is 2.92. The van der Waals surface area contributed by atoms with E-state index >= 15 is 0 Å². The van der Waals surface area contributed by atoms with Crippen molar-refractivity contribution in [3.8, 4) is 11.3 Å². The zero-order chi connectivity index (χ0) is 17.8. The molecule has 0 unspecified atom stereocenters. The van der Waals surface area contributed by atoms with Crippen molar-refractivity contribution in [3.63, 3.8) is 0 Å². The van der Waals surface area contributed by atoms with E-state index in [0.717, 1.165) is 29.0 Å². The maximum absolute atomic E-state index is 5.69. The molecule has 0 spiro atoms. The Labute approximate surface area is 147 Å². The molecule has 0 amide bonds. The molecule has 0 saturated carbocycles. The number of hydrazone groups is 1. The van der Waals surface area contributed by atoms with Crippen molar-refractivity contribution < 1.29 is 9.39 Å². The third kappa shape index (κ3) is 3.68. The van der Waals surface area contributed by atoms with Gasteiger partial charge in [-0.25, -0.2) is 8.97 Å². The number of hydrogen-bond donors (Lipinski definition) is 3. The summed E-state index contributed by atoms with van der Waals surface area (Å²) in [4.78, 5) is 2.95. The van der Waals surface area contributed by atoms with E-state index in [1.165, 1.54) is 5.56 Å². The van der Waals surface area contributed by atoms with E-state index in [4.69, 9.17) is 5.73 Å². The highest BCUT2D eigenvalue weighted by Crippen LogP contribution is 2.20. The van der Waals surface area contributed by atoms with Crippen LogP contribution >= 0.6 is 0 Å². The molecular weight excluding hydrogens is 312 g/mol. The molecule has 3 rings (SSSR count). The summed E-state index contributed by atoms with van der Waals surface area (Å²) in [5.41, 5.74) is 14.2. The molecule has 0 radical (unpaired) electrons. The van der Waals surface area contributed by atoms with Gasteiger partial charge in [-0.15, -0.1) is 5.10 Å². The van der Waals surface area contributed by atoms with Gasteiger partial charge >= 0.3 is 5.96 Å². The van der Waals surface area contributed by atoms with E-state index in [1.807, 2.05) is 19.1 Å². The van der Waals surface area contributed by atoms with Crippen molar-refractivity contribution in [1.29, 1.82) is 0 Å². The lowest BCUT2D eigenvalue weighted by atomic mass is 10.1. The molecule has 2 aromatic heterocycles. The first kappa shape index (κ1) is 16.7. The van der Waals surface area contributed by atoms with Gasteiger partial charge in [0, 0.05) is 11.6 Å². The lowest BCUT2D eigenvalue weighted by Crippen LogP contribution is -2.77. The molecular formula is C19H24N6+2. The van der Waals surface area contributed by atoms with Gasteiger partial charge < -0.3 is 0 Å². The topological polar surface area (TPSA) is 73.4 Å². The molecule has 0 aliphatic rings. The highest BCUT2D eigenvalue weighted by molar-refractivity contribution is 5.82. The smallest absolute Gasteiger partial charge is 0.289 e. The van der Waals surface area contributed by atoms with Crippen LogP contribution in [0.25, 0.3) is 16.9 Å². The fourth-order valence-electron chi connectivity index (χ4n) is 2.77. The monoisotopic (exact) mass is 336 g/mol. The quantitative estimate of drug-likeness (QED) is 0.273. The number of aryl methyl sites for hydroxylation is 2. The summed E-state index contributed by atoms with van der Waals surface area (Å²) in [5, 5.41) is 4.12. The maximum Gasteiger partial charge on any atom is 0.365 e. The Kier molecular flexibility index (Phi) is 4.79. The fourth-order valence-corrected chi connectivity index (χ4v) is 2.77. The van der Waals surface area contributed by atoms with Gasteiger partial charge in [-0.2, -0.15) is 5.43 Å². The van der Waals surface area contributed by atoms with Crippen LogP contribution in [-0.2, 0) is 7.05 Å². The van der Waals surface area contributed by atoms with Gasteiger partial charge in [-0.05, 0) is 43.2 Å². The van der Waals surface area contributed by atoms with E-state index in [9.17, 15) is 0 Å². The van der Waals surface area contributed by atoms with Gasteiger partial charge in [0.25, 0.3) is 5.65 Å². The first-order valence-corrected chi connectivity index (χ1v) is 8.31. The van der Waals surface area contributed by atoms with Gasteiger partial charge in [0.15, 0.2) is 5.69 Å². The minimum Gasteiger partial charge on any atom is -0.289 e. The van der Waals surface area contributed by atoms with Crippen LogP contribution in [0.2, 0.25) is 0 Å². The Morgan fingerprint density at radius 3 is 2.72 bits per heavy atom. The van der Waals surface area contributed by atoms with Gasteiger partial charge in [-0.3, -0.25) is 10.7 Å². The number of guanidine groups is 1. The molecule has 0 fully saturated rings. The SMILES string of the molecule is CC[NH+]=C(N)N/N=C\c1ccc(-c2c[n+]3cc(C)ccc3n2C)cc1. The van der Waals surface area contributed by atoms with Crippen molar-refractivity contribution >= 4 is 17.8 Å². The van der Waals surface area contributed by atoms with E-state index in [2.05, 4.69) is 75.1 Å². The van der Waals surface area contributed by atoms with E-state index < -0.39 is 0 Å². The number of nitrogens with one attached hydrogen (secondary N) is 2. The lowest BCUT2D eigenvalue weighted by molar-refractivity contribution is -0.510. The van der Waals surface area contributed by atoms with E-state index in [0.29, 0.717) is 5.96 Å². The summed E-state index contributed by atoms with van der Waals surface area (Å²) in [5.74, 6) is 0.443. The van der Waals surface area contributed by atoms with Gasteiger partial charge in [-0.1, -0.05) is 12.1 Å². The molecule has 0 aliphatic carbocycles. The first-order valence-electron chi connectivity index (χ1n) is 8.31. The summed E-state index contributed by atoms with van der Waals surface area (Å²) in [7, 11) is 2.08. The molecule has 3 aromatic rings. The number of rotatable bonds is 4. The predicted molar refractivity (Wildman–Crippen MR) is 100 cm³/mol. The van der Waals surface area contributed by atoms with E-state index in [1.54, 1.807) is 6.21 Å². The van der Waals surface area contributed by atoms with Crippen molar-refractivity contribution in [2.24, 2.45) is 17.9 Å². The summed E-state index contributed by atoms with van der Waals surface area (Å²) >= 11 is 0. The van der Waals surface area contributed by atoms with Crippen molar-refractivity contribution in [1.82, 2.24) is 9.99 Å². The van der Waals surface area contributed by atoms with Crippen molar-refractivity contribution in [2.45, 2.75) is 13.8 Å². The standard InChI is InChI=1S/C19H23N6/c1-4-21-19(20)23-22-11-15-6-8-16(9-7-15)17-13-25-12-14(2)5-10-18(25)24(17)3/h5-13H,4H2,1-3H3,(H3,20,21,23)/q+1/p+1/b22-11-. The first-order chi connectivity index (χ1) is 12.1.